The van der Waals surface area contributed by atoms with Gasteiger partial charge in [0.2, 0.25) is 0 Å². The van der Waals surface area contributed by atoms with Gasteiger partial charge in [0.25, 0.3) is 0 Å². The molecule has 1 aromatic heterocycles. The van der Waals surface area contributed by atoms with Crippen LogP contribution in [0.1, 0.15) is 15.4 Å². The molecule has 0 unspecified atom stereocenters. The molecule has 102 valence electrons. The van der Waals surface area contributed by atoms with Crippen LogP contribution >= 0.6 is 22.9 Å². The SMILES string of the molecule is Cc1ncc(CNc2cc(C(F)(F)F)ccc2Cl)s1. The number of thiazole rings is 1. The summed E-state index contributed by atoms with van der Waals surface area (Å²) < 4.78 is 37.8. The van der Waals surface area contributed by atoms with Crippen molar-refractivity contribution in [1.29, 1.82) is 0 Å². The predicted octanol–water partition coefficient (Wildman–Crippen LogP) is 4.74. The van der Waals surface area contributed by atoms with Gasteiger partial charge in [-0.3, -0.25) is 0 Å². The second kappa shape index (κ2) is 5.38. The molecule has 1 N–H and O–H groups in total. The summed E-state index contributed by atoms with van der Waals surface area (Å²) in [4.78, 5) is 5.01. The lowest BCUT2D eigenvalue weighted by Gasteiger charge is -2.11. The molecule has 7 heteroatoms. The summed E-state index contributed by atoms with van der Waals surface area (Å²) in [6.07, 6.45) is -2.68. The van der Waals surface area contributed by atoms with Crippen molar-refractivity contribution in [2.45, 2.75) is 19.6 Å². The van der Waals surface area contributed by atoms with Gasteiger partial charge in [-0.05, 0) is 25.1 Å². The van der Waals surface area contributed by atoms with Crippen LogP contribution in [0.5, 0.6) is 0 Å². The molecule has 19 heavy (non-hydrogen) atoms. The molecule has 1 aromatic carbocycles. The first-order valence-electron chi connectivity index (χ1n) is 5.38. The normalized spacial score (nSPS) is 11.6. The van der Waals surface area contributed by atoms with E-state index in [9.17, 15) is 13.2 Å². The molecule has 0 fully saturated rings. The molecule has 0 saturated heterocycles. The van der Waals surface area contributed by atoms with Crippen molar-refractivity contribution >= 4 is 28.6 Å². The summed E-state index contributed by atoms with van der Waals surface area (Å²) in [6, 6.07) is 3.21. The molecule has 2 nitrogen and oxygen atoms in total. The molecule has 0 spiro atoms. The quantitative estimate of drug-likeness (QED) is 0.886. The first-order chi connectivity index (χ1) is 8.86. The minimum atomic E-state index is -4.37. The molecule has 0 bridgehead atoms. The molecule has 0 aliphatic rings. The molecule has 0 aliphatic carbocycles. The largest absolute Gasteiger partial charge is 0.416 e. The maximum atomic E-state index is 12.6. The molecule has 0 radical (unpaired) electrons. The van der Waals surface area contributed by atoms with Crippen LogP contribution in [0.25, 0.3) is 0 Å². The zero-order valence-electron chi connectivity index (χ0n) is 9.88. The Kier molecular flexibility index (Phi) is 4.01. The maximum Gasteiger partial charge on any atom is 0.416 e. The Labute approximate surface area is 117 Å². The van der Waals surface area contributed by atoms with Crippen molar-refractivity contribution in [3.8, 4) is 0 Å². The van der Waals surface area contributed by atoms with Crippen molar-refractivity contribution in [3.05, 3.63) is 44.9 Å². The second-order valence-corrected chi connectivity index (χ2v) is 5.62. The summed E-state index contributed by atoms with van der Waals surface area (Å²) >= 11 is 7.36. The van der Waals surface area contributed by atoms with Crippen molar-refractivity contribution < 1.29 is 13.2 Å². The van der Waals surface area contributed by atoms with E-state index in [0.29, 0.717) is 6.54 Å². The lowest BCUT2D eigenvalue weighted by atomic mass is 10.2. The van der Waals surface area contributed by atoms with Gasteiger partial charge in [-0.2, -0.15) is 13.2 Å². The number of benzene rings is 1. The van der Waals surface area contributed by atoms with Gasteiger partial charge in [-0.25, -0.2) is 4.98 Å². The fourth-order valence-corrected chi connectivity index (χ4v) is 2.43. The lowest BCUT2D eigenvalue weighted by molar-refractivity contribution is -0.137. The Morgan fingerprint density at radius 1 is 1.37 bits per heavy atom. The Balaban J connectivity index is 2.15. The number of rotatable bonds is 3. The summed E-state index contributed by atoms with van der Waals surface area (Å²) in [7, 11) is 0. The number of hydrogen-bond donors (Lipinski definition) is 1. The van der Waals surface area contributed by atoms with E-state index in [2.05, 4.69) is 10.3 Å². The predicted molar refractivity (Wildman–Crippen MR) is 70.6 cm³/mol. The van der Waals surface area contributed by atoms with E-state index in [1.165, 1.54) is 17.4 Å². The molecule has 0 amide bonds. The minimum absolute atomic E-state index is 0.259. The van der Waals surface area contributed by atoms with E-state index in [4.69, 9.17) is 11.6 Å². The van der Waals surface area contributed by atoms with Crippen LogP contribution in [0.4, 0.5) is 18.9 Å². The highest BCUT2D eigenvalue weighted by atomic mass is 35.5. The monoisotopic (exact) mass is 306 g/mol. The Morgan fingerprint density at radius 2 is 2.11 bits per heavy atom. The van der Waals surface area contributed by atoms with E-state index >= 15 is 0 Å². The molecule has 2 rings (SSSR count). The highest BCUT2D eigenvalue weighted by Gasteiger charge is 2.30. The second-order valence-electron chi connectivity index (χ2n) is 3.89. The lowest BCUT2D eigenvalue weighted by Crippen LogP contribution is -2.06. The summed E-state index contributed by atoms with van der Waals surface area (Å²) in [6.45, 7) is 2.26. The topological polar surface area (TPSA) is 24.9 Å². The van der Waals surface area contributed by atoms with Gasteiger partial charge >= 0.3 is 6.18 Å². The van der Waals surface area contributed by atoms with Crippen LogP contribution < -0.4 is 5.32 Å². The Morgan fingerprint density at radius 3 is 2.68 bits per heavy atom. The number of alkyl halides is 3. The van der Waals surface area contributed by atoms with Crippen LogP contribution in [0.3, 0.4) is 0 Å². The fraction of sp³-hybridized carbons (Fsp3) is 0.250. The van der Waals surface area contributed by atoms with Gasteiger partial charge in [0, 0.05) is 11.1 Å². The first-order valence-corrected chi connectivity index (χ1v) is 6.57. The van der Waals surface area contributed by atoms with Crippen LogP contribution in [0.2, 0.25) is 5.02 Å². The molecular formula is C12H10ClF3N2S. The number of nitrogens with zero attached hydrogens (tertiary/aromatic N) is 1. The van der Waals surface area contributed by atoms with E-state index in [1.54, 1.807) is 6.20 Å². The van der Waals surface area contributed by atoms with Gasteiger partial charge in [0.15, 0.2) is 0 Å². The summed E-state index contributed by atoms with van der Waals surface area (Å²) in [5.74, 6) is 0. The molecule has 2 aromatic rings. The zero-order chi connectivity index (χ0) is 14.0. The highest BCUT2D eigenvalue weighted by molar-refractivity contribution is 7.11. The van der Waals surface area contributed by atoms with Crippen molar-refractivity contribution in [2.75, 3.05) is 5.32 Å². The number of aromatic nitrogens is 1. The molecule has 0 aliphatic heterocycles. The van der Waals surface area contributed by atoms with Crippen molar-refractivity contribution in [1.82, 2.24) is 4.98 Å². The molecule has 0 atom stereocenters. The Hall–Kier alpha value is -1.27. The maximum absolute atomic E-state index is 12.6. The van der Waals surface area contributed by atoms with E-state index in [1.807, 2.05) is 6.92 Å². The van der Waals surface area contributed by atoms with Gasteiger partial charge in [-0.15, -0.1) is 11.3 Å². The van der Waals surface area contributed by atoms with Crippen LogP contribution in [0.15, 0.2) is 24.4 Å². The molecule has 0 saturated carbocycles. The number of halogens is 4. The standard InChI is InChI=1S/C12H10ClF3N2S/c1-7-17-5-9(19-7)6-18-11-4-8(12(14,15)16)2-3-10(11)13/h2-5,18H,6H2,1H3. The Bertz CT molecular complexity index is 581. The minimum Gasteiger partial charge on any atom is -0.379 e. The van der Waals surface area contributed by atoms with E-state index in [0.717, 1.165) is 22.0 Å². The number of nitrogens with one attached hydrogen (secondary N) is 1. The van der Waals surface area contributed by atoms with Gasteiger partial charge in [0.05, 0.1) is 27.8 Å². The van der Waals surface area contributed by atoms with E-state index in [-0.39, 0.29) is 10.7 Å². The third-order valence-corrected chi connectivity index (χ3v) is 3.66. The van der Waals surface area contributed by atoms with Crippen molar-refractivity contribution in [3.63, 3.8) is 0 Å². The van der Waals surface area contributed by atoms with Crippen LogP contribution in [-0.4, -0.2) is 4.98 Å². The highest BCUT2D eigenvalue weighted by Crippen LogP contribution is 2.34. The van der Waals surface area contributed by atoms with Gasteiger partial charge < -0.3 is 5.32 Å². The summed E-state index contributed by atoms with van der Waals surface area (Å²) in [5, 5.41) is 4.06. The smallest absolute Gasteiger partial charge is 0.379 e. The third-order valence-electron chi connectivity index (χ3n) is 2.42. The van der Waals surface area contributed by atoms with Gasteiger partial charge in [-0.1, -0.05) is 11.6 Å². The van der Waals surface area contributed by atoms with Crippen LogP contribution in [-0.2, 0) is 12.7 Å². The first kappa shape index (κ1) is 14.1. The third kappa shape index (κ3) is 3.61. The summed E-state index contributed by atoms with van der Waals surface area (Å²) in [5.41, 5.74) is -0.456. The molecular weight excluding hydrogens is 297 g/mol. The van der Waals surface area contributed by atoms with Crippen molar-refractivity contribution in [2.24, 2.45) is 0 Å². The molecule has 1 heterocycles. The average molecular weight is 307 g/mol. The number of anilines is 1. The zero-order valence-corrected chi connectivity index (χ0v) is 11.5. The van der Waals surface area contributed by atoms with Crippen LogP contribution in [0, 0.1) is 6.92 Å². The fourth-order valence-electron chi connectivity index (χ4n) is 1.51. The average Bonchev–Trinajstić information content (AvgIpc) is 2.72. The van der Waals surface area contributed by atoms with E-state index < -0.39 is 11.7 Å². The van der Waals surface area contributed by atoms with Gasteiger partial charge in [0.1, 0.15) is 0 Å². The number of hydrogen-bond acceptors (Lipinski definition) is 3. The number of aryl methyl sites for hydroxylation is 1.